The van der Waals surface area contributed by atoms with Crippen molar-refractivity contribution < 1.29 is 0 Å². The molecule has 0 amide bonds. The maximum atomic E-state index is 2.47. The molecule has 0 saturated carbocycles. The van der Waals surface area contributed by atoms with Gasteiger partial charge >= 0.3 is 0 Å². The van der Waals surface area contributed by atoms with E-state index in [9.17, 15) is 0 Å². The summed E-state index contributed by atoms with van der Waals surface area (Å²) in [5.41, 5.74) is 16.1. The van der Waals surface area contributed by atoms with E-state index in [0.29, 0.717) is 0 Å². The SMILES string of the molecule is c1ccc(-c2ccc(N(c3ccc4c(c3)C3(c5ccccc5-c5ccccc53)c3ccccc3-4)c3ccc4ccccc4c3)cc2)cc1. The van der Waals surface area contributed by atoms with Crippen LogP contribution in [0.25, 0.3) is 44.2 Å². The van der Waals surface area contributed by atoms with E-state index in [4.69, 9.17) is 0 Å². The fraction of sp³-hybridized carbons (Fsp3) is 0.0213. The van der Waals surface area contributed by atoms with Gasteiger partial charge in [-0.3, -0.25) is 0 Å². The summed E-state index contributed by atoms with van der Waals surface area (Å²) >= 11 is 0. The van der Waals surface area contributed by atoms with Crippen LogP contribution in [0.3, 0.4) is 0 Å². The Kier molecular flexibility index (Phi) is 5.86. The number of anilines is 3. The third-order valence-corrected chi connectivity index (χ3v) is 10.5. The molecule has 0 unspecified atom stereocenters. The molecule has 1 nitrogen and oxygen atoms in total. The smallest absolute Gasteiger partial charge is 0.0726 e. The molecule has 0 saturated heterocycles. The van der Waals surface area contributed by atoms with Gasteiger partial charge in [-0.15, -0.1) is 0 Å². The molecule has 0 fully saturated rings. The highest BCUT2D eigenvalue weighted by Gasteiger charge is 2.51. The summed E-state index contributed by atoms with van der Waals surface area (Å²) in [5, 5.41) is 2.47. The third-order valence-electron chi connectivity index (χ3n) is 10.5. The van der Waals surface area contributed by atoms with Crippen LogP contribution < -0.4 is 4.90 Å². The lowest BCUT2D eigenvalue weighted by Crippen LogP contribution is -2.26. The number of hydrogen-bond acceptors (Lipinski definition) is 1. The normalized spacial score (nSPS) is 13.2. The predicted molar refractivity (Wildman–Crippen MR) is 200 cm³/mol. The minimum atomic E-state index is -0.388. The first-order chi connectivity index (χ1) is 23.8. The molecule has 0 aliphatic heterocycles. The van der Waals surface area contributed by atoms with E-state index in [1.807, 2.05) is 0 Å². The minimum Gasteiger partial charge on any atom is -0.310 e. The van der Waals surface area contributed by atoms with Crippen LogP contribution in [0.5, 0.6) is 0 Å². The van der Waals surface area contributed by atoms with Crippen molar-refractivity contribution in [1.82, 2.24) is 0 Å². The fourth-order valence-electron chi connectivity index (χ4n) is 8.42. The van der Waals surface area contributed by atoms with Gasteiger partial charge in [0.15, 0.2) is 0 Å². The quantitative estimate of drug-likeness (QED) is 0.192. The molecule has 1 spiro atoms. The molecule has 0 bridgehead atoms. The molecular formula is C47H31N. The van der Waals surface area contributed by atoms with Crippen LogP contribution >= 0.6 is 0 Å². The van der Waals surface area contributed by atoms with Crippen LogP contribution in [0, 0.1) is 0 Å². The fourth-order valence-corrected chi connectivity index (χ4v) is 8.42. The third kappa shape index (κ3) is 3.79. The molecule has 8 aromatic rings. The minimum absolute atomic E-state index is 0.388. The van der Waals surface area contributed by atoms with Gasteiger partial charge in [-0.05, 0) is 103 Å². The topological polar surface area (TPSA) is 3.24 Å². The lowest BCUT2D eigenvalue weighted by Gasteiger charge is -2.32. The van der Waals surface area contributed by atoms with Gasteiger partial charge in [0.05, 0.1) is 5.41 Å². The van der Waals surface area contributed by atoms with E-state index in [2.05, 4.69) is 193 Å². The monoisotopic (exact) mass is 609 g/mol. The van der Waals surface area contributed by atoms with Crippen LogP contribution in [0.1, 0.15) is 22.3 Å². The lowest BCUT2D eigenvalue weighted by molar-refractivity contribution is 0.793. The summed E-state index contributed by atoms with van der Waals surface area (Å²) < 4.78 is 0. The molecule has 224 valence electrons. The standard InChI is InChI=1S/C47H31N/c1-2-12-32(13-3-1)34-22-25-36(26-23-34)48(37-27-24-33-14-4-5-15-35(33)30-37)38-28-29-42-41-18-8-11-21-45(41)47(46(42)31-38)43-19-9-6-16-39(43)40-17-7-10-20-44(40)47/h1-31H. The Morgan fingerprint density at radius 1 is 0.292 bits per heavy atom. The van der Waals surface area contributed by atoms with E-state index >= 15 is 0 Å². The van der Waals surface area contributed by atoms with Gasteiger partial charge in [0, 0.05) is 17.1 Å². The molecule has 0 radical (unpaired) electrons. The number of hydrogen-bond donors (Lipinski definition) is 0. The van der Waals surface area contributed by atoms with Crippen molar-refractivity contribution in [1.29, 1.82) is 0 Å². The number of benzene rings is 8. The maximum absolute atomic E-state index is 2.47. The van der Waals surface area contributed by atoms with Crippen molar-refractivity contribution in [3.05, 3.63) is 210 Å². The van der Waals surface area contributed by atoms with Crippen LogP contribution in [0.2, 0.25) is 0 Å². The summed E-state index contributed by atoms with van der Waals surface area (Å²) in [5.74, 6) is 0. The molecular weight excluding hydrogens is 579 g/mol. The Morgan fingerprint density at radius 3 is 1.40 bits per heavy atom. The largest absolute Gasteiger partial charge is 0.310 e. The highest BCUT2D eigenvalue weighted by molar-refractivity contribution is 5.97. The molecule has 0 atom stereocenters. The van der Waals surface area contributed by atoms with Crippen molar-refractivity contribution in [3.63, 3.8) is 0 Å². The van der Waals surface area contributed by atoms with E-state index < -0.39 is 0 Å². The molecule has 0 aromatic heterocycles. The van der Waals surface area contributed by atoms with Crippen LogP contribution in [-0.4, -0.2) is 0 Å². The molecule has 8 aromatic carbocycles. The van der Waals surface area contributed by atoms with E-state index in [1.54, 1.807) is 0 Å². The van der Waals surface area contributed by atoms with Crippen molar-refractivity contribution in [2.75, 3.05) is 4.90 Å². The average Bonchev–Trinajstić information content (AvgIpc) is 3.63. The molecule has 48 heavy (non-hydrogen) atoms. The highest BCUT2D eigenvalue weighted by Crippen LogP contribution is 2.63. The van der Waals surface area contributed by atoms with Crippen molar-refractivity contribution in [3.8, 4) is 33.4 Å². The van der Waals surface area contributed by atoms with Gasteiger partial charge in [-0.2, -0.15) is 0 Å². The zero-order valence-corrected chi connectivity index (χ0v) is 26.3. The van der Waals surface area contributed by atoms with Crippen molar-refractivity contribution in [2.24, 2.45) is 0 Å². The van der Waals surface area contributed by atoms with Gasteiger partial charge in [-0.1, -0.05) is 152 Å². The molecule has 2 aliphatic rings. The molecule has 10 rings (SSSR count). The maximum Gasteiger partial charge on any atom is 0.0726 e. The zero-order chi connectivity index (χ0) is 31.7. The zero-order valence-electron chi connectivity index (χ0n) is 26.3. The van der Waals surface area contributed by atoms with E-state index in [-0.39, 0.29) is 5.41 Å². The van der Waals surface area contributed by atoms with Gasteiger partial charge in [0.1, 0.15) is 0 Å². The van der Waals surface area contributed by atoms with Gasteiger partial charge < -0.3 is 4.90 Å². The summed E-state index contributed by atoms with van der Waals surface area (Å²) in [6.45, 7) is 0. The average molecular weight is 610 g/mol. The number of rotatable bonds is 4. The summed E-state index contributed by atoms with van der Waals surface area (Å²) in [4.78, 5) is 2.42. The molecule has 2 aliphatic carbocycles. The molecule has 1 heteroatoms. The lowest BCUT2D eigenvalue weighted by atomic mass is 9.70. The first kappa shape index (κ1) is 27.0. The van der Waals surface area contributed by atoms with Gasteiger partial charge in [0.2, 0.25) is 0 Å². The van der Waals surface area contributed by atoms with E-state index in [1.165, 1.54) is 66.4 Å². The number of fused-ring (bicyclic) bond motifs is 11. The van der Waals surface area contributed by atoms with Gasteiger partial charge in [-0.25, -0.2) is 0 Å². The predicted octanol–water partition coefficient (Wildman–Crippen LogP) is 12.3. The highest BCUT2D eigenvalue weighted by atomic mass is 15.1. The summed E-state index contributed by atoms with van der Waals surface area (Å²) in [6, 6.07) is 69.2. The van der Waals surface area contributed by atoms with E-state index in [0.717, 1.165) is 17.1 Å². The van der Waals surface area contributed by atoms with Crippen LogP contribution in [-0.2, 0) is 5.41 Å². The summed E-state index contributed by atoms with van der Waals surface area (Å²) in [7, 11) is 0. The molecule has 0 N–H and O–H groups in total. The van der Waals surface area contributed by atoms with Gasteiger partial charge in [0.25, 0.3) is 0 Å². The number of nitrogens with zero attached hydrogens (tertiary/aromatic N) is 1. The Labute approximate surface area is 281 Å². The first-order valence-electron chi connectivity index (χ1n) is 16.7. The van der Waals surface area contributed by atoms with Crippen molar-refractivity contribution >= 4 is 27.8 Å². The second-order valence-corrected chi connectivity index (χ2v) is 12.9. The van der Waals surface area contributed by atoms with Crippen molar-refractivity contribution in [2.45, 2.75) is 5.41 Å². The van der Waals surface area contributed by atoms with Crippen LogP contribution in [0.15, 0.2) is 188 Å². The first-order valence-corrected chi connectivity index (χ1v) is 16.7. The Hall–Kier alpha value is -6.18. The Morgan fingerprint density at radius 2 is 0.750 bits per heavy atom. The second kappa shape index (κ2) is 10.4. The molecule has 0 heterocycles. The summed E-state index contributed by atoms with van der Waals surface area (Å²) in [6.07, 6.45) is 0. The Balaban J connectivity index is 1.22. The second-order valence-electron chi connectivity index (χ2n) is 12.9. The van der Waals surface area contributed by atoms with Crippen LogP contribution in [0.4, 0.5) is 17.1 Å². The Bertz CT molecular complexity index is 2440.